The molecular formula is C16H15N3O3. The maximum absolute atomic E-state index is 12.4. The first-order valence-corrected chi connectivity index (χ1v) is 6.68. The summed E-state index contributed by atoms with van der Waals surface area (Å²) in [6.07, 6.45) is 1.71. The minimum atomic E-state index is -0.248. The van der Waals surface area contributed by atoms with Crippen molar-refractivity contribution in [2.24, 2.45) is 0 Å². The molecule has 0 aliphatic carbocycles. The lowest BCUT2D eigenvalue weighted by atomic mass is 10.1. The van der Waals surface area contributed by atoms with Gasteiger partial charge in [0, 0.05) is 17.1 Å². The lowest BCUT2D eigenvalue weighted by molar-refractivity contribution is 0.102. The highest BCUT2D eigenvalue weighted by atomic mass is 16.5. The first-order chi connectivity index (χ1) is 10.7. The van der Waals surface area contributed by atoms with E-state index in [9.17, 15) is 4.79 Å². The Morgan fingerprint density at radius 2 is 2.00 bits per heavy atom. The summed E-state index contributed by atoms with van der Waals surface area (Å²) in [7, 11) is 3.08. The number of aromatic nitrogens is 2. The van der Waals surface area contributed by atoms with Crippen molar-refractivity contribution in [3.8, 4) is 11.5 Å². The van der Waals surface area contributed by atoms with Crippen LogP contribution in [0.4, 0.5) is 5.69 Å². The third-order valence-electron chi connectivity index (χ3n) is 3.35. The molecule has 0 spiro atoms. The highest BCUT2D eigenvalue weighted by Crippen LogP contribution is 2.26. The van der Waals surface area contributed by atoms with Gasteiger partial charge in [-0.1, -0.05) is 0 Å². The fraction of sp³-hybridized carbons (Fsp3) is 0.125. The van der Waals surface area contributed by atoms with Crippen LogP contribution in [0.5, 0.6) is 11.5 Å². The van der Waals surface area contributed by atoms with Crippen molar-refractivity contribution < 1.29 is 14.3 Å². The molecule has 1 heterocycles. The number of rotatable bonds is 4. The standard InChI is InChI=1S/C16H15N3O3/c1-21-12-4-5-13(15(8-12)22-2)16(20)18-11-3-6-14-10(7-11)9-17-19-14/h3-9H,1-2H3,(H,17,19)(H,18,20). The number of benzene rings is 2. The Kier molecular flexibility index (Phi) is 3.65. The number of carbonyl (C=O) groups is 1. The second-order valence-corrected chi connectivity index (χ2v) is 4.69. The molecule has 2 N–H and O–H groups in total. The van der Waals surface area contributed by atoms with Gasteiger partial charge in [0.2, 0.25) is 0 Å². The summed E-state index contributed by atoms with van der Waals surface area (Å²) in [5, 5.41) is 10.6. The molecule has 0 aliphatic heterocycles. The van der Waals surface area contributed by atoms with Gasteiger partial charge in [-0.2, -0.15) is 5.10 Å². The van der Waals surface area contributed by atoms with E-state index in [1.54, 1.807) is 31.5 Å². The van der Waals surface area contributed by atoms with E-state index in [1.807, 2.05) is 18.2 Å². The normalized spacial score (nSPS) is 10.5. The number of carbonyl (C=O) groups excluding carboxylic acids is 1. The Morgan fingerprint density at radius 1 is 1.14 bits per heavy atom. The van der Waals surface area contributed by atoms with Crippen molar-refractivity contribution in [2.75, 3.05) is 19.5 Å². The molecule has 0 atom stereocenters. The van der Waals surface area contributed by atoms with Crippen LogP contribution in [0.25, 0.3) is 10.9 Å². The molecule has 0 aliphatic rings. The van der Waals surface area contributed by atoms with Crippen LogP contribution in [-0.4, -0.2) is 30.3 Å². The summed E-state index contributed by atoms with van der Waals surface area (Å²) in [6, 6.07) is 10.6. The maximum atomic E-state index is 12.4. The van der Waals surface area contributed by atoms with Crippen molar-refractivity contribution in [2.45, 2.75) is 0 Å². The van der Waals surface area contributed by atoms with Crippen LogP contribution in [0, 0.1) is 0 Å². The van der Waals surface area contributed by atoms with Gasteiger partial charge in [0.05, 0.1) is 31.5 Å². The molecule has 3 aromatic rings. The Morgan fingerprint density at radius 3 is 2.77 bits per heavy atom. The van der Waals surface area contributed by atoms with Gasteiger partial charge >= 0.3 is 0 Å². The van der Waals surface area contributed by atoms with Crippen LogP contribution in [0.15, 0.2) is 42.6 Å². The maximum Gasteiger partial charge on any atom is 0.259 e. The number of nitrogens with one attached hydrogen (secondary N) is 2. The number of ether oxygens (including phenoxy) is 2. The van der Waals surface area contributed by atoms with E-state index in [0.717, 1.165) is 10.9 Å². The zero-order valence-corrected chi connectivity index (χ0v) is 12.2. The number of methoxy groups -OCH3 is 2. The average molecular weight is 297 g/mol. The number of aromatic amines is 1. The molecule has 0 fully saturated rings. The molecule has 0 bridgehead atoms. The molecule has 1 aromatic heterocycles. The zero-order valence-electron chi connectivity index (χ0n) is 12.2. The summed E-state index contributed by atoms with van der Waals surface area (Å²) in [5.41, 5.74) is 2.05. The van der Waals surface area contributed by atoms with Gasteiger partial charge in [0.25, 0.3) is 5.91 Å². The predicted octanol–water partition coefficient (Wildman–Crippen LogP) is 2.83. The van der Waals surface area contributed by atoms with Crippen LogP contribution in [0.2, 0.25) is 0 Å². The monoisotopic (exact) mass is 297 g/mol. The number of anilines is 1. The van der Waals surface area contributed by atoms with Crippen LogP contribution < -0.4 is 14.8 Å². The van der Waals surface area contributed by atoms with Gasteiger partial charge in [-0.05, 0) is 30.3 Å². The van der Waals surface area contributed by atoms with E-state index < -0.39 is 0 Å². The highest BCUT2D eigenvalue weighted by molar-refractivity contribution is 6.07. The minimum absolute atomic E-state index is 0.248. The predicted molar refractivity (Wildman–Crippen MR) is 83.6 cm³/mol. The third kappa shape index (κ3) is 2.58. The third-order valence-corrected chi connectivity index (χ3v) is 3.35. The topological polar surface area (TPSA) is 76.2 Å². The molecule has 1 amide bonds. The van der Waals surface area contributed by atoms with E-state index in [4.69, 9.17) is 9.47 Å². The summed E-state index contributed by atoms with van der Waals surface area (Å²) in [6.45, 7) is 0. The molecule has 6 nitrogen and oxygen atoms in total. The number of hydrogen-bond acceptors (Lipinski definition) is 4. The van der Waals surface area contributed by atoms with Crippen molar-refractivity contribution in [3.05, 3.63) is 48.2 Å². The van der Waals surface area contributed by atoms with Gasteiger partial charge in [-0.15, -0.1) is 0 Å². The fourth-order valence-corrected chi connectivity index (χ4v) is 2.21. The molecule has 0 saturated heterocycles. The molecule has 3 rings (SSSR count). The Labute approximate surface area is 127 Å². The van der Waals surface area contributed by atoms with Gasteiger partial charge < -0.3 is 14.8 Å². The van der Waals surface area contributed by atoms with Gasteiger partial charge in [0.1, 0.15) is 11.5 Å². The summed E-state index contributed by atoms with van der Waals surface area (Å²) >= 11 is 0. The highest BCUT2D eigenvalue weighted by Gasteiger charge is 2.13. The van der Waals surface area contributed by atoms with Gasteiger partial charge in [-0.25, -0.2) is 0 Å². The zero-order chi connectivity index (χ0) is 15.5. The Bertz CT molecular complexity index is 826. The molecule has 6 heteroatoms. The van der Waals surface area contributed by atoms with Crippen molar-refractivity contribution in [3.63, 3.8) is 0 Å². The molecule has 2 aromatic carbocycles. The quantitative estimate of drug-likeness (QED) is 0.776. The number of H-pyrrole nitrogens is 1. The van der Waals surface area contributed by atoms with Crippen LogP contribution in [0.1, 0.15) is 10.4 Å². The average Bonchev–Trinajstić information content (AvgIpc) is 3.01. The lowest BCUT2D eigenvalue weighted by Crippen LogP contribution is -2.13. The summed E-state index contributed by atoms with van der Waals surface area (Å²) < 4.78 is 10.4. The first kappa shape index (κ1) is 13.9. The van der Waals surface area contributed by atoms with E-state index in [2.05, 4.69) is 15.5 Å². The Hall–Kier alpha value is -3.02. The largest absolute Gasteiger partial charge is 0.497 e. The van der Waals surface area contributed by atoms with Gasteiger partial charge in [-0.3, -0.25) is 9.89 Å². The molecular weight excluding hydrogens is 282 g/mol. The lowest BCUT2D eigenvalue weighted by Gasteiger charge is -2.11. The summed E-state index contributed by atoms with van der Waals surface area (Å²) in [5.74, 6) is 0.844. The number of nitrogens with zero attached hydrogens (tertiary/aromatic N) is 1. The van der Waals surface area contributed by atoms with Gasteiger partial charge in [0.15, 0.2) is 0 Å². The van der Waals surface area contributed by atoms with Crippen LogP contribution in [-0.2, 0) is 0 Å². The molecule has 22 heavy (non-hydrogen) atoms. The smallest absolute Gasteiger partial charge is 0.259 e. The summed E-state index contributed by atoms with van der Waals surface area (Å²) in [4.78, 5) is 12.4. The molecule has 0 saturated carbocycles. The molecule has 112 valence electrons. The van der Waals surface area contributed by atoms with Crippen molar-refractivity contribution in [1.29, 1.82) is 0 Å². The van der Waals surface area contributed by atoms with E-state index >= 15 is 0 Å². The van der Waals surface area contributed by atoms with Crippen molar-refractivity contribution >= 4 is 22.5 Å². The molecule has 0 unspecified atom stereocenters. The van der Waals surface area contributed by atoms with Crippen LogP contribution >= 0.6 is 0 Å². The second-order valence-electron chi connectivity index (χ2n) is 4.69. The number of amides is 1. The second kappa shape index (κ2) is 5.77. The van der Waals surface area contributed by atoms with Crippen LogP contribution in [0.3, 0.4) is 0 Å². The van der Waals surface area contributed by atoms with E-state index in [-0.39, 0.29) is 5.91 Å². The molecule has 0 radical (unpaired) electrons. The Balaban J connectivity index is 1.87. The minimum Gasteiger partial charge on any atom is -0.497 e. The van der Waals surface area contributed by atoms with E-state index in [0.29, 0.717) is 22.7 Å². The van der Waals surface area contributed by atoms with Crippen molar-refractivity contribution in [1.82, 2.24) is 10.2 Å². The SMILES string of the molecule is COc1ccc(C(=O)Nc2ccc3[nH]ncc3c2)c(OC)c1. The number of fused-ring (bicyclic) bond motifs is 1. The first-order valence-electron chi connectivity index (χ1n) is 6.68. The fourth-order valence-electron chi connectivity index (χ4n) is 2.21. The number of hydrogen-bond donors (Lipinski definition) is 2. The van der Waals surface area contributed by atoms with E-state index in [1.165, 1.54) is 7.11 Å².